The van der Waals surface area contributed by atoms with E-state index < -0.39 is 15.9 Å². The van der Waals surface area contributed by atoms with Crippen molar-refractivity contribution >= 4 is 55.6 Å². The van der Waals surface area contributed by atoms with Crippen LogP contribution in [0.15, 0.2) is 54.7 Å². The monoisotopic (exact) mass is 618 g/mol. The number of sulfonamides is 1. The first-order valence-corrected chi connectivity index (χ1v) is 16.2. The summed E-state index contributed by atoms with van der Waals surface area (Å²) in [6.45, 7) is 6.85. The molecule has 1 saturated carbocycles. The molecular formula is C32H38N6O5S. The van der Waals surface area contributed by atoms with Crippen LogP contribution >= 0.6 is 0 Å². The molecule has 2 heterocycles. The van der Waals surface area contributed by atoms with Gasteiger partial charge in [0.2, 0.25) is 10.0 Å². The minimum atomic E-state index is -3.62. The Morgan fingerprint density at radius 3 is 2.32 bits per heavy atom. The van der Waals surface area contributed by atoms with Crippen molar-refractivity contribution in [2.45, 2.75) is 39.0 Å². The topological polar surface area (TPSA) is 143 Å². The molecular weight excluding hydrogens is 580 g/mol. The fourth-order valence-electron chi connectivity index (χ4n) is 4.97. The number of carbonyl (C=O) groups is 2. The van der Waals surface area contributed by atoms with Crippen molar-refractivity contribution in [1.82, 2.24) is 9.55 Å². The van der Waals surface area contributed by atoms with E-state index in [1.165, 1.54) is 20.0 Å². The molecule has 1 fully saturated rings. The number of benzene rings is 2. The maximum absolute atomic E-state index is 13.7. The lowest BCUT2D eigenvalue weighted by Gasteiger charge is -2.24. The minimum Gasteiger partial charge on any atom is -0.492 e. The van der Waals surface area contributed by atoms with Gasteiger partial charge in [0.1, 0.15) is 11.5 Å². The number of methoxy groups -OCH3 is 1. The molecule has 0 radical (unpaired) electrons. The zero-order valence-corrected chi connectivity index (χ0v) is 26.6. The average Bonchev–Trinajstić information content (AvgIpc) is 3.72. The number of rotatable bonds is 10. The Hall–Kier alpha value is -4.58. The number of amides is 2. The summed E-state index contributed by atoms with van der Waals surface area (Å²) in [5.41, 5.74) is 2.93. The third kappa shape index (κ3) is 6.96. The predicted octanol–water partition coefficient (Wildman–Crippen LogP) is 5.58. The van der Waals surface area contributed by atoms with E-state index in [1.54, 1.807) is 54.2 Å². The second kappa shape index (κ2) is 11.8. The van der Waals surface area contributed by atoms with Crippen LogP contribution in [0.25, 0.3) is 10.9 Å². The van der Waals surface area contributed by atoms with E-state index in [1.807, 2.05) is 32.9 Å². The maximum atomic E-state index is 13.7. The van der Waals surface area contributed by atoms with Gasteiger partial charge in [0.05, 0.1) is 41.5 Å². The molecule has 0 saturated heterocycles. The van der Waals surface area contributed by atoms with Crippen LogP contribution in [0.3, 0.4) is 0 Å². The van der Waals surface area contributed by atoms with Gasteiger partial charge >= 0.3 is 0 Å². The van der Waals surface area contributed by atoms with Crippen LogP contribution in [0.2, 0.25) is 0 Å². The molecule has 0 aliphatic heterocycles. The van der Waals surface area contributed by atoms with E-state index in [0.29, 0.717) is 34.1 Å². The average molecular weight is 619 g/mol. The zero-order valence-electron chi connectivity index (χ0n) is 25.7. The number of hydrogen-bond acceptors (Lipinski definition) is 7. The number of fused-ring (bicyclic) bond motifs is 1. The molecule has 232 valence electrons. The van der Waals surface area contributed by atoms with Crippen molar-refractivity contribution in [1.29, 1.82) is 0 Å². The Kier molecular flexibility index (Phi) is 8.30. The van der Waals surface area contributed by atoms with Crippen LogP contribution in [-0.4, -0.2) is 49.7 Å². The molecule has 11 nitrogen and oxygen atoms in total. The van der Waals surface area contributed by atoms with Crippen molar-refractivity contribution in [2.24, 2.45) is 13.0 Å². The number of pyridine rings is 1. The van der Waals surface area contributed by atoms with Crippen molar-refractivity contribution in [2.75, 3.05) is 40.6 Å². The van der Waals surface area contributed by atoms with Crippen LogP contribution in [0.5, 0.6) is 5.75 Å². The Morgan fingerprint density at radius 1 is 1.00 bits per heavy atom. The molecule has 4 N–H and O–H groups in total. The minimum absolute atomic E-state index is 0.186. The van der Waals surface area contributed by atoms with Gasteiger partial charge in [-0.1, -0.05) is 32.9 Å². The first kappa shape index (κ1) is 30.9. The molecule has 2 aromatic carbocycles. The van der Waals surface area contributed by atoms with Gasteiger partial charge in [-0.2, -0.15) is 0 Å². The fraction of sp³-hybridized carbons (Fsp3) is 0.344. The normalized spacial score (nSPS) is 13.4. The van der Waals surface area contributed by atoms with Crippen LogP contribution in [0, 0.1) is 5.92 Å². The van der Waals surface area contributed by atoms with Crippen molar-refractivity contribution in [3.8, 4) is 5.75 Å². The van der Waals surface area contributed by atoms with Crippen molar-refractivity contribution in [3.05, 3.63) is 71.5 Å². The molecule has 0 unspecified atom stereocenters. The molecule has 1 aliphatic carbocycles. The number of ether oxygens (including phenoxy) is 1. The number of aromatic nitrogens is 2. The summed E-state index contributed by atoms with van der Waals surface area (Å²) >= 11 is 0. The number of carbonyl (C=O) groups excluding carboxylic acids is 2. The Bertz CT molecular complexity index is 1840. The molecule has 1 aliphatic rings. The maximum Gasteiger partial charge on any atom is 0.272 e. The fourth-order valence-corrected chi connectivity index (χ4v) is 5.52. The van der Waals surface area contributed by atoms with Gasteiger partial charge in [0, 0.05) is 25.2 Å². The number of anilines is 4. The van der Waals surface area contributed by atoms with Gasteiger partial charge in [0.15, 0.2) is 5.75 Å². The van der Waals surface area contributed by atoms with Crippen LogP contribution in [0.1, 0.15) is 60.0 Å². The highest BCUT2D eigenvalue weighted by atomic mass is 32.2. The number of nitrogens with zero attached hydrogens (tertiary/aromatic N) is 2. The molecule has 5 rings (SSSR count). The van der Waals surface area contributed by atoms with Crippen molar-refractivity contribution < 1.29 is 22.7 Å². The summed E-state index contributed by atoms with van der Waals surface area (Å²) in [6, 6.07) is 14.2. The van der Waals surface area contributed by atoms with E-state index >= 15 is 0 Å². The van der Waals surface area contributed by atoms with Gasteiger partial charge in [-0.25, -0.2) is 13.4 Å². The third-order valence-corrected chi connectivity index (χ3v) is 8.12. The molecule has 2 aromatic heterocycles. The van der Waals surface area contributed by atoms with Crippen LogP contribution in [0.4, 0.5) is 22.9 Å². The van der Waals surface area contributed by atoms with Gasteiger partial charge in [0.25, 0.3) is 11.8 Å². The van der Waals surface area contributed by atoms with Gasteiger partial charge in [-0.05, 0) is 66.1 Å². The molecule has 0 bridgehead atoms. The summed E-state index contributed by atoms with van der Waals surface area (Å²) in [6.07, 6.45) is 5.08. The van der Waals surface area contributed by atoms with E-state index in [2.05, 4.69) is 25.7 Å². The van der Waals surface area contributed by atoms with Crippen LogP contribution < -0.4 is 25.4 Å². The van der Waals surface area contributed by atoms with Crippen LogP contribution in [-0.2, 0) is 22.5 Å². The smallest absolute Gasteiger partial charge is 0.272 e. The van der Waals surface area contributed by atoms with Crippen molar-refractivity contribution in [3.63, 3.8) is 0 Å². The summed E-state index contributed by atoms with van der Waals surface area (Å²) in [4.78, 5) is 31.2. The molecule has 0 spiro atoms. The van der Waals surface area contributed by atoms with Gasteiger partial charge < -0.3 is 25.3 Å². The number of hydrogen-bond donors (Lipinski definition) is 4. The quantitative estimate of drug-likeness (QED) is 0.182. The Morgan fingerprint density at radius 2 is 1.70 bits per heavy atom. The van der Waals surface area contributed by atoms with Gasteiger partial charge in [-0.15, -0.1) is 0 Å². The summed E-state index contributed by atoms with van der Waals surface area (Å²) in [5.74, 6) is 0.876. The SMILES string of the molecule is COc1c(NC(=O)c2cc3cccc(NC(=O)c4ccc(NCC5CC5)nc4)c3n2C)cc(C(C)(C)C)cc1NS(C)(=O)=O. The third-order valence-electron chi connectivity index (χ3n) is 7.53. The molecule has 4 aromatic rings. The highest BCUT2D eigenvalue weighted by molar-refractivity contribution is 7.92. The predicted molar refractivity (Wildman–Crippen MR) is 174 cm³/mol. The molecule has 2 amide bonds. The summed E-state index contributed by atoms with van der Waals surface area (Å²) < 4.78 is 34.0. The highest BCUT2D eigenvalue weighted by Gasteiger charge is 2.24. The summed E-state index contributed by atoms with van der Waals surface area (Å²) in [5, 5.41) is 9.91. The second-order valence-corrected chi connectivity index (χ2v) is 14.0. The second-order valence-electron chi connectivity index (χ2n) is 12.2. The number of nitrogens with one attached hydrogen (secondary N) is 4. The first-order chi connectivity index (χ1) is 20.7. The lowest BCUT2D eigenvalue weighted by atomic mass is 9.86. The van der Waals surface area contributed by atoms with E-state index in [4.69, 9.17) is 4.74 Å². The lowest BCUT2D eigenvalue weighted by molar-refractivity contribution is 0.101. The zero-order chi connectivity index (χ0) is 31.8. The van der Waals surface area contributed by atoms with E-state index in [9.17, 15) is 18.0 Å². The number of aryl methyl sites for hydroxylation is 1. The molecule has 0 atom stereocenters. The molecule has 44 heavy (non-hydrogen) atoms. The summed E-state index contributed by atoms with van der Waals surface area (Å²) in [7, 11) is -0.467. The Balaban J connectivity index is 1.42. The van der Waals surface area contributed by atoms with E-state index in [0.717, 1.165) is 29.6 Å². The van der Waals surface area contributed by atoms with E-state index in [-0.39, 0.29) is 22.8 Å². The standard InChI is InChI=1S/C32H38N6O5S/c1-32(2,3)22-15-24(29(43-5)25(16-22)37-44(6,41)42)36-31(40)26-14-20-8-7-9-23(28(20)38(26)4)35-30(39)21-12-13-27(34-18-21)33-17-19-10-11-19/h7-9,12-16,18-19,37H,10-11,17H2,1-6H3,(H,33,34)(H,35,39)(H,36,40). The Labute approximate surface area is 257 Å². The number of para-hydroxylation sites is 1. The first-order valence-electron chi connectivity index (χ1n) is 14.3. The highest BCUT2D eigenvalue weighted by Crippen LogP contribution is 2.39. The largest absolute Gasteiger partial charge is 0.492 e. The molecule has 12 heteroatoms. The lowest BCUT2D eigenvalue weighted by Crippen LogP contribution is -2.19. The van der Waals surface area contributed by atoms with Gasteiger partial charge in [-0.3, -0.25) is 14.3 Å².